The van der Waals surface area contributed by atoms with Crippen LogP contribution in [0.1, 0.15) is 51.5 Å². The van der Waals surface area contributed by atoms with Gasteiger partial charge in [0.15, 0.2) is 0 Å². The molecule has 2 unspecified atom stereocenters. The summed E-state index contributed by atoms with van der Waals surface area (Å²) >= 11 is 0. The lowest BCUT2D eigenvalue weighted by atomic mass is 9.84. The van der Waals surface area contributed by atoms with Gasteiger partial charge in [-0.05, 0) is 43.2 Å². The molecular formula is C19H28ClFN2O. The zero-order chi connectivity index (χ0) is 16.4. The van der Waals surface area contributed by atoms with Crippen LogP contribution < -0.4 is 10.6 Å². The fraction of sp³-hybridized carbons (Fsp3) is 0.632. The minimum atomic E-state index is -0.409. The summed E-state index contributed by atoms with van der Waals surface area (Å²) < 4.78 is 14.0. The number of nitrogens with one attached hydrogen (secondary N) is 2. The van der Waals surface area contributed by atoms with Gasteiger partial charge in [-0.1, -0.05) is 32.0 Å². The van der Waals surface area contributed by atoms with Crippen molar-refractivity contribution in [2.75, 3.05) is 6.54 Å². The summed E-state index contributed by atoms with van der Waals surface area (Å²) in [5.41, 5.74) is 0.244. The molecule has 3 rings (SSSR count). The predicted molar refractivity (Wildman–Crippen MR) is 97.0 cm³/mol. The minimum absolute atomic E-state index is 0. The van der Waals surface area contributed by atoms with Crippen LogP contribution in [0.4, 0.5) is 4.39 Å². The Labute approximate surface area is 150 Å². The van der Waals surface area contributed by atoms with Gasteiger partial charge in [0.25, 0.3) is 0 Å². The maximum Gasteiger partial charge on any atom is 0.220 e. The van der Waals surface area contributed by atoms with Crippen molar-refractivity contribution in [2.24, 2.45) is 5.92 Å². The average Bonchev–Trinajstić information content (AvgIpc) is 2.84. The molecule has 2 bridgehead atoms. The second-order valence-electron chi connectivity index (χ2n) is 7.82. The van der Waals surface area contributed by atoms with E-state index in [9.17, 15) is 9.18 Å². The van der Waals surface area contributed by atoms with Gasteiger partial charge in [-0.3, -0.25) is 4.79 Å². The van der Waals surface area contributed by atoms with E-state index in [0.717, 1.165) is 12.8 Å². The smallest absolute Gasteiger partial charge is 0.220 e. The normalized spacial score (nSPS) is 25.9. The van der Waals surface area contributed by atoms with Gasteiger partial charge in [0.05, 0.1) is 0 Å². The summed E-state index contributed by atoms with van der Waals surface area (Å²) in [5.74, 6) is 0.382. The molecule has 134 valence electrons. The van der Waals surface area contributed by atoms with Gasteiger partial charge in [0, 0.05) is 30.5 Å². The van der Waals surface area contributed by atoms with Gasteiger partial charge in [-0.2, -0.15) is 0 Å². The summed E-state index contributed by atoms with van der Waals surface area (Å²) in [6.07, 6.45) is 5.33. The third kappa shape index (κ3) is 4.48. The van der Waals surface area contributed by atoms with Crippen LogP contribution in [0, 0.1) is 11.7 Å². The maximum atomic E-state index is 14.0. The molecule has 2 saturated heterocycles. The molecule has 0 spiro atoms. The first-order valence-electron chi connectivity index (χ1n) is 8.72. The van der Waals surface area contributed by atoms with Gasteiger partial charge in [0.2, 0.25) is 5.91 Å². The number of carbonyl (C=O) groups excluding carboxylic acids is 1. The fourth-order valence-electron chi connectivity index (χ4n) is 4.10. The van der Waals surface area contributed by atoms with Crippen LogP contribution in [0.5, 0.6) is 0 Å². The molecule has 24 heavy (non-hydrogen) atoms. The standard InChI is InChI=1S/C19H27FN2O.ClH/c1-19(2,16-5-3-4-6-17(16)20)12-21-18(23)11-13-9-14-7-8-15(10-13)22-14;/h3-6,13-15,22H,7-12H2,1-2H3,(H,21,23);1H. The molecule has 2 heterocycles. The Bertz CT molecular complexity index is 566. The Morgan fingerprint density at radius 3 is 2.50 bits per heavy atom. The largest absolute Gasteiger partial charge is 0.355 e. The molecule has 1 amide bonds. The van der Waals surface area contributed by atoms with E-state index < -0.39 is 5.41 Å². The average molecular weight is 355 g/mol. The zero-order valence-corrected chi connectivity index (χ0v) is 15.3. The first-order valence-corrected chi connectivity index (χ1v) is 8.72. The van der Waals surface area contributed by atoms with Crippen LogP contribution in [0.3, 0.4) is 0 Å². The number of benzene rings is 1. The Kier molecular flexibility index (Phi) is 6.27. The van der Waals surface area contributed by atoms with Crippen molar-refractivity contribution >= 4 is 18.3 Å². The minimum Gasteiger partial charge on any atom is -0.355 e. The molecule has 0 radical (unpaired) electrons. The number of hydrogen-bond donors (Lipinski definition) is 2. The maximum absolute atomic E-state index is 14.0. The quantitative estimate of drug-likeness (QED) is 0.848. The van der Waals surface area contributed by atoms with Crippen molar-refractivity contribution in [1.82, 2.24) is 10.6 Å². The van der Waals surface area contributed by atoms with Crippen LogP contribution in [-0.2, 0) is 10.2 Å². The molecule has 5 heteroatoms. The molecule has 2 fully saturated rings. The second-order valence-corrected chi connectivity index (χ2v) is 7.82. The van der Waals surface area contributed by atoms with Crippen molar-refractivity contribution in [3.8, 4) is 0 Å². The van der Waals surface area contributed by atoms with Gasteiger partial charge >= 0.3 is 0 Å². The van der Waals surface area contributed by atoms with Gasteiger partial charge in [-0.15, -0.1) is 12.4 Å². The molecule has 2 atom stereocenters. The number of hydrogen-bond acceptors (Lipinski definition) is 2. The SMILES string of the molecule is CC(C)(CNC(=O)CC1CC2CCC(C1)N2)c1ccccc1F.Cl. The van der Waals surface area contributed by atoms with Crippen LogP contribution in [-0.4, -0.2) is 24.5 Å². The van der Waals surface area contributed by atoms with Crippen LogP contribution >= 0.6 is 12.4 Å². The third-order valence-electron chi connectivity index (χ3n) is 5.38. The summed E-state index contributed by atoms with van der Waals surface area (Å²) in [5, 5.41) is 6.62. The van der Waals surface area contributed by atoms with Crippen molar-refractivity contribution in [1.29, 1.82) is 0 Å². The predicted octanol–water partition coefficient (Wildman–Crippen LogP) is 3.56. The number of rotatable bonds is 5. The number of piperidine rings is 1. The Morgan fingerprint density at radius 2 is 1.88 bits per heavy atom. The molecule has 1 aromatic rings. The Hall–Kier alpha value is -1.13. The Morgan fingerprint density at radius 1 is 1.25 bits per heavy atom. The van der Waals surface area contributed by atoms with Crippen molar-refractivity contribution in [2.45, 2.75) is 63.5 Å². The van der Waals surface area contributed by atoms with Gasteiger partial charge < -0.3 is 10.6 Å². The monoisotopic (exact) mass is 354 g/mol. The highest BCUT2D eigenvalue weighted by atomic mass is 35.5. The second kappa shape index (κ2) is 7.83. The van der Waals surface area contributed by atoms with Gasteiger partial charge in [-0.25, -0.2) is 4.39 Å². The summed E-state index contributed by atoms with van der Waals surface area (Å²) in [4.78, 5) is 12.3. The molecule has 2 aliphatic heterocycles. The topological polar surface area (TPSA) is 41.1 Å². The molecule has 0 saturated carbocycles. The molecule has 3 nitrogen and oxygen atoms in total. The Balaban J connectivity index is 0.00000208. The van der Waals surface area contributed by atoms with Crippen molar-refractivity contribution < 1.29 is 9.18 Å². The first kappa shape index (κ1) is 19.2. The number of halogens is 2. The van der Waals surface area contributed by atoms with E-state index >= 15 is 0 Å². The van der Waals surface area contributed by atoms with Crippen LogP contribution in [0.25, 0.3) is 0 Å². The molecular weight excluding hydrogens is 327 g/mol. The van der Waals surface area contributed by atoms with E-state index in [-0.39, 0.29) is 24.1 Å². The molecule has 1 aromatic carbocycles. The molecule has 0 aliphatic carbocycles. The van der Waals surface area contributed by atoms with E-state index in [4.69, 9.17) is 0 Å². The fourth-order valence-corrected chi connectivity index (χ4v) is 4.10. The van der Waals surface area contributed by atoms with E-state index in [2.05, 4.69) is 10.6 Å². The highest BCUT2D eigenvalue weighted by Crippen LogP contribution is 2.32. The highest BCUT2D eigenvalue weighted by molar-refractivity contribution is 5.85. The molecule has 0 aromatic heterocycles. The lowest BCUT2D eigenvalue weighted by Crippen LogP contribution is -2.41. The van der Waals surface area contributed by atoms with Crippen molar-refractivity contribution in [3.05, 3.63) is 35.6 Å². The number of fused-ring (bicyclic) bond motifs is 2. The van der Waals surface area contributed by atoms with E-state index in [0.29, 0.717) is 36.5 Å². The zero-order valence-electron chi connectivity index (χ0n) is 14.5. The van der Waals surface area contributed by atoms with E-state index in [1.165, 1.54) is 18.9 Å². The lowest BCUT2D eigenvalue weighted by Gasteiger charge is -2.30. The summed E-state index contributed by atoms with van der Waals surface area (Å²) in [7, 11) is 0. The molecule has 2 aliphatic rings. The van der Waals surface area contributed by atoms with Crippen LogP contribution in [0.2, 0.25) is 0 Å². The van der Waals surface area contributed by atoms with Crippen LogP contribution in [0.15, 0.2) is 24.3 Å². The summed E-state index contributed by atoms with van der Waals surface area (Å²) in [6, 6.07) is 8.03. The number of amides is 1. The summed E-state index contributed by atoms with van der Waals surface area (Å²) in [6.45, 7) is 4.40. The van der Waals surface area contributed by atoms with E-state index in [1.54, 1.807) is 12.1 Å². The number of carbonyl (C=O) groups is 1. The third-order valence-corrected chi connectivity index (χ3v) is 5.38. The highest BCUT2D eigenvalue weighted by Gasteiger charge is 2.34. The first-order chi connectivity index (χ1) is 10.9. The molecule has 2 N–H and O–H groups in total. The lowest BCUT2D eigenvalue weighted by molar-refractivity contribution is -0.122. The van der Waals surface area contributed by atoms with E-state index in [1.807, 2.05) is 19.9 Å². The van der Waals surface area contributed by atoms with Gasteiger partial charge in [0.1, 0.15) is 5.82 Å². The van der Waals surface area contributed by atoms with Crippen molar-refractivity contribution in [3.63, 3.8) is 0 Å².